The number of halogens is 1. The number of methoxy groups -OCH3 is 1. The van der Waals surface area contributed by atoms with Crippen molar-refractivity contribution in [2.24, 2.45) is 4.99 Å². The molecule has 2 N–H and O–H groups in total. The van der Waals surface area contributed by atoms with Crippen LogP contribution in [0.1, 0.15) is 51.6 Å². The number of benzene rings is 1. The van der Waals surface area contributed by atoms with E-state index in [2.05, 4.69) is 54.5 Å². The number of aliphatic imine (C=N–C) groups is 1. The van der Waals surface area contributed by atoms with Gasteiger partial charge >= 0.3 is 0 Å². The second-order valence-corrected chi connectivity index (χ2v) is 8.35. The monoisotopic (exact) mass is 516 g/mol. The second kappa shape index (κ2) is 11.4. The lowest BCUT2D eigenvalue weighted by molar-refractivity contribution is 0.0694. The van der Waals surface area contributed by atoms with E-state index in [0.717, 1.165) is 50.9 Å². The normalized spacial score (nSPS) is 23.7. The zero-order chi connectivity index (χ0) is 20.0. The molecule has 2 atom stereocenters. The van der Waals surface area contributed by atoms with Crippen LogP contribution < -0.4 is 15.4 Å². The largest absolute Gasteiger partial charge is 0.487 e. The summed E-state index contributed by atoms with van der Waals surface area (Å²) in [5.74, 6) is 1.85. The number of para-hydroxylation sites is 1. The smallest absolute Gasteiger partial charge is 0.191 e. The molecule has 0 radical (unpaired) electrons. The Kier molecular flexibility index (Phi) is 9.49. The Labute approximate surface area is 192 Å². The molecule has 3 rings (SSSR count). The van der Waals surface area contributed by atoms with Crippen molar-refractivity contribution in [3.8, 4) is 5.75 Å². The number of rotatable bonds is 7. The summed E-state index contributed by atoms with van der Waals surface area (Å²) in [6, 6.07) is 9.00. The van der Waals surface area contributed by atoms with Gasteiger partial charge < -0.3 is 20.1 Å². The van der Waals surface area contributed by atoms with Gasteiger partial charge in [-0.3, -0.25) is 9.89 Å². The number of ether oxygens (including phenoxy) is 2. The van der Waals surface area contributed by atoms with Crippen molar-refractivity contribution >= 4 is 29.9 Å². The third-order valence-corrected chi connectivity index (χ3v) is 5.57. The summed E-state index contributed by atoms with van der Waals surface area (Å²) in [5.41, 5.74) is 1.00. The van der Waals surface area contributed by atoms with Gasteiger partial charge in [-0.2, -0.15) is 0 Å². The summed E-state index contributed by atoms with van der Waals surface area (Å²) in [6.45, 7) is 11.0. The van der Waals surface area contributed by atoms with Gasteiger partial charge in [-0.15, -0.1) is 24.0 Å². The summed E-state index contributed by atoms with van der Waals surface area (Å²) >= 11 is 0. The average Bonchev–Trinajstić information content (AvgIpc) is 3.11. The highest BCUT2D eigenvalue weighted by Gasteiger charge is 2.34. The van der Waals surface area contributed by atoms with E-state index in [0.29, 0.717) is 6.04 Å². The number of likely N-dealkylation sites (tertiary alicyclic amines) is 1. The van der Waals surface area contributed by atoms with Gasteiger partial charge in [0.2, 0.25) is 0 Å². The van der Waals surface area contributed by atoms with Crippen molar-refractivity contribution in [3.63, 3.8) is 0 Å². The molecule has 1 aromatic rings. The summed E-state index contributed by atoms with van der Waals surface area (Å²) < 4.78 is 11.4. The van der Waals surface area contributed by atoms with Gasteiger partial charge in [0.05, 0.1) is 19.2 Å². The maximum Gasteiger partial charge on any atom is 0.191 e. The lowest BCUT2D eigenvalue weighted by Crippen LogP contribution is -2.46. The molecule has 0 bridgehead atoms. The maximum absolute atomic E-state index is 6.17. The van der Waals surface area contributed by atoms with Crippen LogP contribution in [0.15, 0.2) is 29.3 Å². The first kappa shape index (κ1) is 24.2. The van der Waals surface area contributed by atoms with Crippen molar-refractivity contribution < 1.29 is 9.47 Å². The van der Waals surface area contributed by atoms with E-state index >= 15 is 0 Å². The first-order chi connectivity index (χ1) is 13.5. The highest BCUT2D eigenvalue weighted by Crippen LogP contribution is 2.39. The fourth-order valence-corrected chi connectivity index (χ4v) is 4.22. The van der Waals surface area contributed by atoms with Gasteiger partial charge in [0, 0.05) is 38.2 Å². The Bertz CT molecular complexity index is 668. The second-order valence-electron chi connectivity index (χ2n) is 8.35. The summed E-state index contributed by atoms with van der Waals surface area (Å²) in [5, 5.41) is 7.09. The zero-order valence-corrected chi connectivity index (χ0v) is 20.6. The molecule has 1 saturated heterocycles. The standard InChI is InChI=1S/C22H36N4O2.HI/c1-5-23-21(24-16-17-9-8-12-26(17)13-14-27-4)25-19-15-22(2,3)28-20-11-7-6-10-18(19)20;/h6-7,10-11,17,19H,5,8-9,12-16H2,1-4H3,(H2,23,24,25);1H. The fourth-order valence-electron chi connectivity index (χ4n) is 4.22. The molecule has 0 aliphatic carbocycles. The van der Waals surface area contributed by atoms with Gasteiger partial charge in [-0.1, -0.05) is 18.2 Å². The predicted octanol–water partition coefficient (Wildman–Crippen LogP) is 3.57. The third-order valence-electron chi connectivity index (χ3n) is 5.57. The molecule has 7 heteroatoms. The van der Waals surface area contributed by atoms with Crippen molar-refractivity contribution in [2.75, 3.05) is 39.9 Å². The minimum atomic E-state index is -0.203. The van der Waals surface area contributed by atoms with E-state index in [9.17, 15) is 0 Å². The molecule has 1 aromatic carbocycles. The topological polar surface area (TPSA) is 58.1 Å². The summed E-state index contributed by atoms with van der Waals surface area (Å²) in [4.78, 5) is 7.44. The Morgan fingerprint density at radius 3 is 2.90 bits per heavy atom. The van der Waals surface area contributed by atoms with Gasteiger partial charge in [-0.05, 0) is 46.2 Å². The number of nitrogens with one attached hydrogen (secondary N) is 2. The van der Waals surface area contributed by atoms with Crippen LogP contribution in [0.2, 0.25) is 0 Å². The Morgan fingerprint density at radius 1 is 1.34 bits per heavy atom. The summed E-state index contributed by atoms with van der Waals surface area (Å²) in [6.07, 6.45) is 3.35. The number of fused-ring (bicyclic) bond motifs is 1. The molecule has 2 heterocycles. The molecule has 164 valence electrons. The molecule has 0 amide bonds. The van der Waals surface area contributed by atoms with Crippen LogP contribution in [0.25, 0.3) is 0 Å². The Hall–Kier alpha value is -1.06. The van der Waals surface area contributed by atoms with Crippen LogP contribution in [0.4, 0.5) is 0 Å². The number of hydrogen-bond donors (Lipinski definition) is 2. The molecule has 0 aromatic heterocycles. The highest BCUT2D eigenvalue weighted by molar-refractivity contribution is 14.0. The molecule has 1 fully saturated rings. The van der Waals surface area contributed by atoms with E-state index in [1.165, 1.54) is 18.4 Å². The zero-order valence-electron chi connectivity index (χ0n) is 18.2. The minimum absolute atomic E-state index is 0. The van der Waals surface area contributed by atoms with Gasteiger partial charge in [0.1, 0.15) is 11.4 Å². The Morgan fingerprint density at radius 2 is 2.14 bits per heavy atom. The molecular formula is C22H37IN4O2. The maximum atomic E-state index is 6.17. The van der Waals surface area contributed by atoms with E-state index in [-0.39, 0.29) is 35.6 Å². The van der Waals surface area contributed by atoms with Gasteiger partial charge in [0.15, 0.2) is 5.96 Å². The number of guanidine groups is 1. The van der Waals surface area contributed by atoms with E-state index in [4.69, 9.17) is 14.5 Å². The fraction of sp³-hybridized carbons (Fsp3) is 0.682. The molecule has 0 saturated carbocycles. The van der Waals surface area contributed by atoms with Crippen molar-refractivity contribution in [1.29, 1.82) is 0 Å². The van der Waals surface area contributed by atoms with Crippen LogP contribution >= 0.6 is 24.0 Å². The first-order valence-electron chi connectivity index (χ1n) is 10.6. The summed E-state index contributed by atoms with van der Waals surface area (Å²) in [7, 11) is 1.77. The molecule has 2 unspecified atom stereocenters. The van der Waals surface area contributed by atoms with E-state index in [1.807, 2.05) is 6.07 Å². The lowest BCUT2D eigenvalue weighted by atomic mass is 9.90. The van der Waals surface area contributed by atoms with Gasteiger partial charge in [-0.25, -0.2) is 0 Å². The van der Waals surface area contributed by atoms with Crippen LogP contribution in [0, 0.1) is 0 Å². The van der Waals surface area contributed by atoms with Crippen LogP contribution in [-0.4, -0.2) is 62.4 Å². The number of nitrogens with zero attached hydrogens (tertiary/aromatic N) is 2. The Balaban J connectivity index is 0.00000300. The number of hydrogen-bond acceptors (Lipinski definition) is 4. The molecule has 2 aliphatic heterocycles. The molecule has 0 spiro atoms. The van der Waals surface area contributed by atoms with Crippen molar-refractivity contribution in [2.45, 2.75) is 57.7 Å². The molecular weight excluding hydrogens is 479 g/mol. The first-order valence-corrected chi connectivity index (χ1v) is 10.6. The SMILES string of the molecule is CCNC(=NCC1CCCN1CCOC)NC1CC(C)(C)Oc2ccccc21.I. The molecule has 29 heavy (non-hydrogen) atoms. The van der Waals surface area contributed by atoms with E-state index in [1.54, 1.807) is 7.11 Å². The van der Waals surface area contributed by atoms with E-state index < -0.39 is 0 Å². The lowest BCUT2D eigenvalue weighted by Gasteiger charge is -2.38. The third kappa shape index (κ3) is 6.72. The highest BCUT2D eigenvalue weighted by atomic mass is 127. The predicted molar refractivity (Wildman–Crippen MR) is 130 cm³/mol. The van der Waals surface area contributed by atoms with Crippen molar-refractivity contribution in [1.82, 2.24) is 15.5 Å². The quantitative estimate of drug-likeness (QED) is 0.330. The van der Waals surface area contributed by atoms with Crippen LogP contribution in [-0.2, 0) is 4.74 Å². The van der Waals surface area contributed by atoms with Crippen molar-refractivity contribution in [3.05, 3.63) is 29.8 Å². The minimum Gasteiger partial charge on any atom is -0.487 e. The molecule has 2 aliphatic rings. The van der Waals surface area contributed by atoms with Crippen LogP contribution in [0.3, 0.4) is 0 Å². The van der Waals surface area contributed by atoms with Crippen LogP contribution in [0.5, 0.6) is 5.75 Å². The van der Waals surface area contributed by atoms with Gasteiger partial charge in [0.25, 0.3) is 0 Å². The molecule has 6 nitrogen and oxygen atoms in total. The average molecular weight is 516 g/mol.